The van der Waals surface area contributed by atoms with Gasteiger partial charge in [-0.3, -0.25) is 4.79 Å². The number of aromatic amines is 1. The number of pyridine rings is 1. The third-order valence-electron chi connectivity index (χ3n) is 2.57. The molecular formula is C12H13NO3. The standard InChI is InChI=1S/C12H13NO3/c1-7(14)10-6-13-11-4-3-8(16-2)5-9(11)12(10)15/h3-7,14H,1-2H3,(H,13,15). The number of nitrogens with one attached hydrogen (secondary N) is 1. The number of hydrogen-bond donors (Lipinski definition) is 2. The van der Waals surface area contributed by atoms with Crippen molar-refractivity contribution in [3.05, 3.63) is 40.2 Å². The summed E-state index contributed by atoms with van der Waals surface area (Å²) in [5.41, 5.74) is 0.929. The van der Waals surface area contributed by atoms with Gasteiger partial charge < -0.3 is 14.8 Å². The monoisotopic (exact) mass is 219 g/mol. The van der Waals surface area contributed by atoms with Crippen LogP contribution in [0, 0.1) is 0 Å². The molecule has 1 aromatic heterocycles. The Morgan fingerprint density at radius 2 is 2.19 bits per heavy atom. The average molecular weight is 219 g/mol. The highest BCUT2D eigenvalue weighted by molar-refractivity contribution is 5.80. The summed E-state index contributed by atoms with van der Waals surface area (Å²) in [4.78, 5) is 15.0. The molecule has 1 atom stereocenters. The van der Waals surface area contributed by atoms with E-state index < -0.39 is 6.10 Å². The molecule has 16 heavy (non-hydrogen) atoms. The van der Waals surface area contributed by atoms with E-state index >= 15 is 0 Å². The zero-order chi connectivity index (χ0) is 11.7. The Bertz CT molecular complexity index is 572. The molecule has 2 aromatic rings. The van der Waals surface area contributed by atoms with Crippen molar-refractivity contribution >= 4 is 10.9 Å². The van der Waals surface area contributed by atoms with Gasteiger partial charge >= 0.3 is 0 Å². The molecule has 0 aliphatic carbocycles. The Kier molecular flexibility index (Phi) is 2.66. The molecule has 0 radical (unpaired) electrons. The first-order chi connectivity index (χ1) is 7.63. The highest BCUT2D eigenvalue weighted by Gasteiger charge is 2.09. The van der Waals surface area contributed by atoms with E-state index in [1.54, 1.807) is 38.4 Å². The number of aliphatic hydroxyl groups is 1. The van der Waals surface area contributed by atoms with Gasteiger partial charge in [0.1, 0.15) is 5.75 Å². The van der Waals surface area contributed by atoms with Crippen molar-refractivity contribution < 1.29 is 9.84 Å². The van der Waals surface area contributed by atoms with Crippen molar-refractivity contribution in [1.82, 2.24) is 4.98 Å². The Hall–Kier alpha value is -1.81. The number of benzene rings is 1. The van der Waals surface area contributed by atoms with E-state index in [0.717, 1.165) is 5.52 Å². The molecule has 0 aliphatic heterocycles. The second-order valence-corrected chi connectivity index (χ2v) is 3.66. The fourth-order valence-electron chi connectivity index (χ4n) is 1.65. The van der Waals surface area contributed by atoms with Crippen molar-refractivity contribution in [3.8, 4) is 5.75 Å². The van der Waals surface area contributed by atoms with Crippen molar-refractivity contribution in [2.45, 2.75) is 13.0 Å². The van der Waals surface area contributed by atoms with Crippen LogP contribution in [0.2, 0.25) is 0 Å². The van der Waals surface area contributed by atoms with E-state index in [-0.39, 0.29) is 5.43 Å². The summed E-state index contributed by atoms with van der Waals surface area (Å²) in [6, 6.07) is 5.22. The zero-order valence-electron chi connectivity index (χ0n) is 9.15. The molecule has 0 amide bonds. The minimum Gasteiger partial charge on any atom is -0.497 e. The van der Waals surface area contributed by atoms with Gasteiger partial charge in [0.25, 0.3) is 0 Å². The molecule has 2 N–H and O–H groups in total. The van der Waals surface area contributed by atoms with Crippen LogP contribution >= 0.6 is 0 Å². The van der Waals surface area contributed by atoms with Gasteiger partial charge in [-0.15, -0.1) is 0 Å². The molecule has 84 valence electrons. The summed E-state index contributed by atoms with van der Waals surface area (Å²) in [5, 5.41) is 9.96. The maximum absolute atomic E-state index is 12.0. The van der Waals surface area contributed by atoms with Crippen LogP contribution in [-0.4, -0.2) is 17.2 Å². The van der Waals surface area contributed by atoms with Crippen LogP contribution in [0.25, 0.3) is 10.9 Å². The minimum absolute atomic E-state index is 0.164. The number of methoxy groups -OCH3 is 1. The van der Waals surface area contributed by atoms with Gasteiger partial charge in [-0.25, -0.2) is 0 Å². The molecule has 1 heterocycles. The largest absolute Gasteiger partial charge is 0.497 e. The molecule has 0 saturated carbocycles. The van der Waals surface area contributed by atoms with Gasteiger partial charge in [0, 0.05) is 22.7 Å². The first-order valence-corrected chi connectivity index (χ1v) is 5.01. The molecule has 4 heteroatoms. The number of rotatable bonds is 2. The Labute approximate surface area is 92.5 Å². The minimum atomic E-state index is -0.778. The molecule has 1 aromatic carbocycles. The maximum Gasteiger partial charge on any atom is 0.195 e. The fraction of sp³-hybridized carbons (Fsp3) is 0.250. The lowest BCUT2D eigenvalue weighted by Gasteiger charge is -2.06. The number of hydrogen-bond acceptors (Lipinski definition) is 3. The summed E-state index contributed by atoms with van der Waals surface area (Å²) in [5.74, 6) is 0.626. The van der Waals surface area contributed by atoms with Gasteiger partial charge in [-0.05, 0) is 25.1 Å². The third kappa shape index (κ3) is 1.67. The number of ether oxygens (including phenoxy) is 1. The first-order valence-electron chi connectivity index (χ1n) is 5.01. The predicted molar refractivity (Wildman–Crippen MR) is 61.8 cm³/mol. The highest BCUT2D eigenvalue weighted by Crippen LogP contribution is 2.18. The van der Waals surface area contributed by atoms with Crippen molar-refractivity contribution in [1.29, 1.82) is 0 Å². The Morgan fingerprint density at radius 1 is 1.44 bits per heavy atom. The van der Waals surface area contributed by atoms with Crippen LogP contribution in [0.5, 0.6) is 5.75 Å². The molecular weight excluding hydrogens is 206 g/mol. The Morgan fingerprint density at radius 3 is 2.81 bits per heavy atom. The van der Waals surface area contributed by atoms with Gasteiger partial charge in [0.15, 0.2) is 5.43 Å². The second kappa shape index (κ2) is 3.98. The van der Waals surface area contributed by atoms with Crippen molar-refractivity contribution in [2.24, 2.45) is 0 Å². The predicted octanol–water partition coefficient (Wildman–Crippen LogP) is 1.59. The van der Waals surface area contributed by atoms with E-state index in [0.29, 0.717) is 16.7 Å². The van der Waals surface area contributed by atoms with Crippen LogP contribution in [0.1, 0.15) is 18.6 Å². The number of H-pyrrole nitrogens is 1. The maximum atomic E-state index is 12.0. The summed E-state index contributed by atoms with van der Waals surface area (Å²) >= 11 is 0. The molecule has 0 fully saturated rings. The lowest BCUT2D eigenvalue weighted by Crippen LogP contribution is -2.12. The summed E-state index contributed by atoms with van der Waals surface area (Å²) in [6.07, 6.45) is 0.765. The molecule has 4 nitrogen and oxygen atoms in total. The zero-order valence-corrected chi connectivity index (χ0v) is 9.15. The van der Waals surface area contributed by atoms with Crippen LogP contribution in [0.4, 0.5) is 0 Å². The van der Waals surface area contributed by atoms with E-state index in [1.165, 1.54) is 0 Å². The van der Waals surface area contributed by atoms with Crippen LogP contribution in [-0.2, 0) is 0 Å². The quantitative estimate of drug-likeness (QED) is 0.806. The smallest absolute Gasteiger partial charge is 0.195 e. The number of aromatic nitrogens is 1. The highest BCUT2D eigenvalue weighted by atomic mass is 16.5. The van der Waals surface area contributed by atoms with E-state index in [1.807, 2.05) is 0 Å². The summed E-state index contributed by atoms with van der Waals surface area (Å²) in [7, 11) is 1.55. The van der Waals surface area contributed by atoms with Gasteiger partial charge in [0.2, 0.25) is 0 Å². The van der Waals surface area contributed by atoms with E-state index in [4.69, 9.17) is 4.74 Å². The van der Waals surface area contributed by atoms with Gasteiger partial charge in [-0.2, -0.15) is 0 Å². The third-order valence-corrected chi connectivity index (χ3v) is 2.57. The second-order valence-electron chi connectivity index (χ2n) is 3.66. The molecule has 2 rings (SSSR count). The van der Waals surface area contributed by atoms with Crippen molar-refractivity contribution in [2.75, 3.05) is 7.11 Å². The first kappa shape index (κ1) is 10.7. The van der Waals surface area contributed by atoms with Gasteiger partial charge in [-0.1, -0.05) is 0 Å². The average Bonchev–Trinajstić information content (AvgIpc) is 2.28. The topological polar surface area (TPSA) is 62.3 Å². The van der Waals surface area contributed by atoms with E-state index in [9.17, 15) is 9.90 Å². The normalized spacial score (nSPS) is 12.7. The lowest BCUT2D eigenvalue weighted by molar-refractivity contribution is 0.198. The van der Waals surface area contributed by atoms with Crippen LogP contribution in [0.3, 0.4) is 0 Å². The van der Waals surface area contributed by atoms with Crippen LogP contribution in [0.15, 0.2) is 29.2 Å². The van der Waals surface area contributed by atoms with Crippen molar-refractivity contribution in [3.63, 3.8) is 0 Å². The molecule has 0 spiro atoms. The Balaban J connectivity index is 2.76. The number of fused-ring (bicyclic) bond motifs is 1. The van der Waals surface area contributed by atoms with Crippen LogP contribution < -0.4 is 10.2 Å². The molecule has 0 saturated heterocycles. The number of aliphatic hydroxyl groups excluding tert-OH is 1. The summed E-state index contributed by atoms with van der Waals surface area (Å²) < 4.78 is 5.06. The van der Waals surface area contributed by atoms with E-state index in [2.05, 4.69) is 4.98 Å². The SMILES string of the molecule is COc1ccc2[nH]cc(C(C)O)c(=O)c2c1. The molecule has 0 bridgehead atoms. The summed E-state index contributed by atoms with van der Waals surface area (Å²) in [6.45, 7) is 1.57. The molecule has 1 unspecified atom stereocenters. The van der Waals surface area contributed by atoms with Gasteiger partial charge in [0.05, 0.1) is 13.2 Å². The molecule has 0 aliphatic rings. The lowest BCUT2D eigenvalue weighted by atomic mass is 10.1. The fourth-order valence-corrected chi connectivity index (χ4v) is 1.65.